The first kappa shape index (κ1) is 40.0. The first-order valence-electron chi connectivity index (χ1n) is 16.2. The van der Waals surface area contributed by atoms with Crippen molar-refractivity contribution in [1.29, 1.82) is 0 Å². The average molecular weight is 603 g/mol. The molecule has 0 spiro atoms. The maximum atomic E-state index is 12.6. The number of hydrogen-bond acceptors (Lipinski definition) is 6. The molecule has 0 saturated heterocycles. The van der Waals surface area contributed by atoms with Gasteiger partial charge < -0.3 is 28.8 Å². The molecule has 9 heteroatoms. The van der Waals surface area contributed by atoms with Gasteiger partial charge >= 0.3 is 0 Å². The Hall–Kier alpha value is -1.02. The Morgan fingerprint density at radius 3 is 1.98 bits per heavy atom. The molecule has 8 nitrogen and oxygen atoms in total. The summed E-state index contributed by atoms with van der Waals surface area (Å²) in [7, 11) is 1.24. The molecule has 2 N–H and O–H groups in total. The number of allylic oxidation sites excluding steroid dienone is 3. The number of phosphoric acid groups is 1. The van der Waals surface area contributed by atoms with Crippen LogP contribution in [0.4, 0.5) is 0 Å². The molecular formula is C32H63N2O6P. The Kier molecular flexibility index (Phi) is 24.8. The molecule has 41 heavy (non-hydrogen) atoms. The Bertz CT molecular complexity index is 738. The van der Waals surface area contributed by atoms with Crippen molar-refractivity contribution in [2.45, 2.75) is 135 Å². The fraction of sp³-hybridized carbons (Fsp3) is 0.844. The first-order valence-corrected chi connectivity index (χ1v) is 17.7. The molecule has 0 fully saturated rings. The zero-order valence-corrected chi connectivity index (χ0v) is 27.9. The van der Waals surface area contributed by atoms with Gasteiger partial charge in [0.15, 0.2) is 0 Å². The normalized spacial score (nSPS) is 15.4. The number of aliphatic hydroxyl groups excluding tert-OH is 1. The summed E-state index contributed by atoms with van der Waals surface area (Å²) in [4.78, 5) is 24.9. The zero-order valence-electron chi connectivity index (χ0n) is 27.0. The van der Waals surface area contributed by atoms with E-state index in [2.05, 4.69) is 31.3 Å². The van der Waals surface area contributed by atoms with Crippen LogP contribution in [0.3, 0.4) is 0 Å². The summed E-state index contributed by atoms with van der Waals surface area (Å²) in [6.07, 6.45) is 25.2. The molecule has 3 unspecified atom stereocenters. The molecular weight excluding hydrogens is 539 g/mol. The van der Waals surface area contributed by atoms with Crippen molar-refractivity contribution in [3.8, 4) is 0 Å². The van der Waals surface area contributed by atoms with Gasteiger partial charge in [-0.25, -0.2) is 0 Å². The minimum absolute atomic E-state index is 0.00556. The summed E-state index contributed by atoms with van der Waals surface area (Å²) in [6, 6.07) is -0.893. The monoisotopic (exact) mass is 602 g/mol. The molecule has 0 radical (unpaired) electrons. The summed E-state index contributed by atoms with van der Waals surface area (Å²) in [6.45, 7) is 4.51. The molecule has 0 saturated carbocycles. The minimum Gasteiger partial charge on any atom is -0.756 e. The summed E-state index contributed by atoms with van der Waals surface area (Å²) in [5.41, 5.74) is 0. The number of phosphoric ester groups is 1. The summed E-state index contributed by atoms with van der Waals surface area (Å²) in [5, 5.41) is 13.5. The van der Waals surface area contributed by atoms with E-state index in [0.29, 0.717) is 17.4 Å². The van der Waals surface area contributed by atoms with Gasteiger partial charge in [0.2, 0.25) is 5.91 Å². The van der Waals surface area contributed by atoms with E-state index in [0.717, 1.165) is 38.5 Å². The number of quaternary nitrogens is 1. The average Bonchev–Trinajstić information content (AvgIpc) is 2.90. The molecule has 0 aromatic carbocycles. The summed E-state index contributed by atoms with van der Waals surface area (Å²) in [5.74, 6) is -0.219. The lowest BCUT2D eigenvalue weighted by Crippen LogP contribution is -2.45. The van der Waals surface area contributed by atoms with Gasteiger partial charge in [0.25, 0.3) is 7.82 Å². The maximum absolute atomic E-state index is 12.6. The number of hydrogen-bond donors (Lipinski definition) is 2. The van der Waals surface area contributed by atoms with Crippen LogP contribution in [0.1, 0.15) is 123 Å². The van der Waals surface area contributed by atoms with Gasteiger partial charge in [-0.05, 0) is 32.1 Å². The second-order valence-electron chi connectivity index (χ2n) is 12.2. The SMILES string of the molecule is CCCCCCCC/C=C/CC/C=C/C(O)C(COP(=O)([O-])OCC[N+](C)(C)C)NC(=O)CCCCCCCCC. The van der Waals surface area contributed by atoms with E-state index >= 15 is 0 Å². The molecule has 3 atom stereocenters. The number of unbranched alkanes of at least 4 members (excludes halogenated alkanes) is 13. The van der Waals surface area contributed by atoms with Crippen molar-refractivity contribution in [3.05, 3.63) is 24.3 Å². The third kappa shape index (κ3) is 27.6. The topological polar surface area (TPSA) is 108 Å². The minimum atomic E-state index is -4.57. The molecule has 0 aliphatic carbocycles. The van der Waals surface area contributed by atoms with E-state index in [4.69, 9.17) is 9.05 Å². The number of rotatable bonds is 28. The number of nitrogens with zero attached hydrogens (tertiary/aromatic N) is 1. The molecule has 0 rings (SSSR count). The third-order valence-electron chi connectivity index (χ3n) is 6.91. The van der Waals surface area contributed by atoms with Crippen molar-refractivity contribution in [3.63, 3.8) is 0 Å². The van der Waals surface area contributed by atoms with Gasteiger partial charge in [-0.3, -0.25) is 9.36 Å². The highest BCUT2D eigenvalue weighted by Crippen LogP contribution is 2.38. The van der Waals surface area contributed by atoms with E-state index in [1.54, 1.807) is 6.08 Å². The molecule has 0 bridgehead atoms. The van der Waals surface area contributed by atoms with E-state index in [1.807, 2.05) is 27.2 Å². The summed E-state index contributed by atoms with van der Waals surface area (Å²) < 4.78 is 22.9. The highest BCUT2D eigenvalue weighted by molar-refractivity contribution is 7.45. The molecule has 0 aliphatic rings. The number of likely N-dealkylation sites (N-methyl/N-ethyl adjacent to an activating group) is 1. The quantitative estimate of drug-likeness (QED) is 0.0440. The predicted molar refractivity (Wildman–Crippen MR) is 168 cm³/mol. The Balaban J connectivity index is 4.71. The molecule has 0 aromatic rings. The van der Waals surface area contributed by atoms with Gasteiger partial charge in [-0.2, -0.15) is 0 Å². The van der Waals surface area contributed by atoms with Crippen LogP contribution in [0.25, 0.3) is 0 Å². The van der Waals surface area contributed by atoms with Crippen LogP contribution in [-0.2, 0) is 18.4 Å². The van der Waals surface area contributed by atoms with Crippen molar-refractivity contribution in [1.82, 2.24) is 5.32 Å². The van der Waals surface area contributed by atoms with E-state index in [1.165, 1.54) is 64.2 Å². The van der Waals surface area contributed by atoms with E-state index < -0.39 is 26.6 Å². The van der Waals surface area contributed by atoms with Crippen LogP contribution >= 0.6 is 7.82 Å². The van der Waals surface area contributed by atoms with Crippen molar-refractivity contribution in [2.75, 3.05) is 40.9 Å². The summed E-state index contributed by atoms with van der Waals surface area (Å²) >= 11 is 0. The van der Waals surface area contributed by atoms with Crippen LogP contribution < -0.4 is 10.2 Å². The lowest BCUT2D eigenvalue weighted by Gasteiger charge is -2.29. The number of amides is 1. The maximum Gasteiger partial charge on any atom is 0.268 e. The smallest absolute Gasteiger partial charge is 0.268 e. The van der Waals surface area contributed by atoms with Gasteiger partial charge in [0.1, 0.15) is 13.2 Å². The fourth-order valence-electron chi connectivity index (χ4n) is 4.22. The Morgan fingerprint density at radius 2 is 1.37 bits per heavy atom. The van der Waals surface area contributed by atoms with Crippen LogP contribution in [-0.4, -0.2) is 68.5 Å². The van der Waals surface area contributed by atoms with Crippen molar-refractivity contribution < 1.29 is 32.9 Å². The molecule has 242 valence electrons. The number of aliphatic hydroxyl groups is 1. The Morgan fingerprint density at radius 1 is 0.829 bits per heavy atom. The third-order valence-corrected chi connectivity index (χ3v) is 7.88. The van der Waals surface area contributed by atoms with E-state index in [-0.39, 0.29) is 12.5 Å². The molecule has 0 aliphatic heterocycles. The fourth-order valence-corrected chi connectivity index (χ4v) is 4.95. The predicted octanol–water partition coefficient (Wildman–Crippen LogP) is 6.82. The van der Waals surface area contributed by atoms with Crippen LogP contribution in [0.15, 0.2) is 24.3 Å². The van der Waals surface area contributed by atoms with Crippen LogP contribution in [0, 0.1) is 0 Å². The van der Waals surface area contributed by atoms with Gasteiger partial charge in [-0.15, -0.1) is 0 Å². The van der Waals surface area contributed by atoms with Gasteiger partial charge in [0, 0.05) is 6.42 Å². The first-order chi connectivity index (χ1) is 19.5. The number of nitrogens with one attached hydrogen (secondary N) is 1. The largest absolute Gasteiger partial charge is 0.756 e. The van der Waals surface area contributed by atoms with Crippen LogP contribution in [0.5, 0.6) is 0 Å². The molecule has 0 heterocycles. The zero-order chi connectivity index (χ0) is 30.8. The second-order valence-corrected chi connectivity index (χ2v) is 13.6. The van der Waals surface area contributed by atoms with Crippen molar-refractivity contribution in [2.24, 2.45) is 0 Å². The lowest BCUT2D eigenvalue weighted by molar-refractivity contribution is -0.870. The lowest BCUT2D eigenvalue weighted by atomic mass is 10.1. The number of carbonyl (C=O) groups is 1. The van der Waals surface area contributed by atoms with E-state index in [9.17, 15) is 19.4 Å². The van der Waals surface area contributed by atoms with Crippen molar-refractivity contribution >= 4 is 13.7 Å². The number of carbonyl (C=O) groups excluding carboxylic acids is 1. The van der Waals surface area contributed by atoms with Gasteiger partial charge in [0.05, 0.1) is 39.9 Å². The van der Waals surface area contributed by atoms with Crippen LogP contribution in [0.2, 0.25) is 0 Å². The standard InChI is InChI=1S/C32H63N2O6P/c1-6-8-10-12-14-15-16-17-18-20-21-23-25-31(35)30(29-40-41(37,38)39-28-27-34(3,4)5)33-32(36)26-24-22-19-13-11-9-7-2/h17-18,23,25,30-31,35H,6-16,19-22,24,26-29H2,1-5H3,(H-,33,36,37,38)/b18-17+,25-23+. The highest BCUT2D eigenvalue weighted by atomic mass is 31.2. The molecule has 0 aromatic heterocycles. The van der Waals surface area contributed by atoms with Gasteiger partial charge in [-0.1, -0.05) is 109 Å². The Labute approximate surface area is 252 Å². The second kappa shape index (κ2) is 25.5. The highest BCUT2D eigenvalue weighted by Gasteiger charge is 2.23. The molecule has 1 amide bonds.